The van der Waals surface area contributed by atoms with Gasteiger partial charge in [0.1, 0.15) is 0 Å². The summed E-state index contributed by atoms with van der Waals surface area (Å²) in [5, 5.41) is 0. The Kier molecular flexibility index (Phi) is 4.62. The van der Waals surface area contributed by atoms with E-state index in [0.717, 1.165) is 6.08 Å². The van der Waals surface area contributed by atoms with Crippen LogP contribution in [0.3, 0.4) is 0 Å². The van der Waals surface area contributed by atoms with Crippen molar-refractivity contribution < 1.29 is 43.7 Å². The van der Waals surface area contributed by atoms with Crippen LogP contribution in [0.15, 0.2) is 42.3 Å². The van der Waals surface area contributed by atoms with Crippen LogP contribution in [-0.2, 0) is 19.0 Å². The Bertz CT molecular complexity index is 836. The summed E-state index contributed by atoms with van der Waals surface area (Å²) in [5.41, 5.74) is -8.45. The highest BCUT2D eigenvalue weighted by molar-refractivity contribution is 7.87. The third kappa shape index (κ3) is 3.24. The lowest BCUT2D eigenvalue weighted by molar-refractivity contribution is -0.308. The fourth-order valence-corrected chi connectivity index (χ4v) is 3.61. The number of alkyl halides is 6. The minimum atomic E-state index is -6.15. The molecule has 5 nitrogen and oxygen atoms in total. The summed E-state index contributed by atoms with van der Waals surface area (Å²) in [5.74, 6) is -1.05. The van der Waals surface area contributed by atoms with E-state index in [1.165, 1.54) is 24.3 Å². The molecule has 27 heavy (non-hydrogen) atoms. The van der Waals surface area contributed by atoms with Gasteiger partial charge in [0, 0.05) is 6.42 Å². The first-order valence-electron chi connectivity index (χ1n) is 7.65. The number of nitrogens with zero attached hydrogens (tertiary/aromatic N) is 1. The molecule has 0 saturated carbocycles. The van der Waals surface area contributed by atoms with Gasteiger partial charge >= 0.3 is 21.8 Å². The zero-order valence-corrected chi connectivity index (χ0v) is 14.2. The maximum absolute atomic E-state index is 13.8. The molecule has 0 aromatic heterocycles. The Morgan fingerprint density at radius 3 is 2.30 bits per heavy atom. The van der Waals surface area contributed by atoms with Gasteiger partial charge in [0.25, 0.3) is 0 Å². The largest absolute Gasteiger partial charge is 0.534 e. The number of allylic oxidation sites excluding steroid dienone is 1. The maximum Gasteiger partial charge on any atom is 0.534 e. The molecule has 3 rings (SSSR count). The normalized spacial score (nSPS) is 26.5. The number of ether oxygens (including phenoxy) is 1. The highest BCUT2D eigenvalue weighted by Crippen LogP contribution is 2.53. The molecule has 0 unspecified atom stereocenters. The molecule has 2 heterocycles. The van der Waals surface area contributed by atoms with Gasteiger partial charge in [-0.3, -0.25) is 4.90 Å². The second kappa shape index (κ2) is 6.30. The summed E-state index contributed by atoms with van der Waals surface area (Å²) in [6, 6.07) is 6.42. The van der Waals surface area contributed by atoms with Crippen LogP contribution in [-0.4, -0.2) is 37.3 Å². The fraction of sp³-hybridized carbons (Fsp3) is 0.467. The third-order valence-corrected chi connectivity index (χ3v) is 5.28. The number of fused-ring (bicyclic) bond motifs is 1. The lowest BCUT2D eigenvalue weighted by Crippen LogP contribution is -2.58. The predicted octanol–water partition coefficient (Wildman–Crippen LogP) is 3.82. The van der Waals surface area contributed by atoms with Gasteiger partial charge in [-0.25, -0.2) is 0 Å². The van der Waals surface area contributed by atoms with Crippen molar-refractivity contribution >= 4 is 10.1 Å². The van der Waals surface area contributed by atoms with Crippen molar-refractivity contribution in [2.75, 3.05) is 6.61 Å². The number of hydrogen-bond acceptors (Lipinski definition) is 5. The Morgan fingerprint density at radius 1 is 1.11 bits per heavy atom. The average molecular weight is 417 g/mol. The molecule has 1 fully saturated rings. The van der Waals surface area contributed by atoms with Crippen LogP contribution >= 0.6 is 0 Å². The van der Waals surface area contributed by atoms with Crippen molar-refractivity contribution in [2.45, 2.75) is 36.3 Å². The monoisotopic (exact) mass is 417 g/mol. The molecule has 2 aliphatic rings. The zero-order chi connectivity index (χ0) is 20.1. The molecule has 1 aromatic carbocycles. The van der Waals surface area contributed by atoms with Crippen LogP contribution in [0.2, 0.25) is 0 Å². The Morgan fingerprint density at radius 2 is 1.74 bits per heavy atom. The molecule has 0 aliphatic carbocycles. The summed E-state index contributed by atoms with van der Waals surface area (Å²) in [4.78, 5) is 0.440. The first-order chi connectivity index (χ1) is 12.4. The van der Waals surface area contributed by atoms with E-state index in [1.807, 2.05) is 0 Å². The molecule has 0 bridgehead atoms. The number of hydrogen-bond donors (Lipinski definition) is 0. The fourth-order valence-electron chi connectivity index (χ4n) is 3.14. The van der Waals surface area contributed by atoms with E-state index in [-0.39, 0.29) is 6.42 Å². The van der Waals surface area contributed by atoms with E-state index in [1.54, 1.807) is 6.07 Å². The van der Waals surface area contributed by atoms with E-state index in [2.05, 4.69) is 4.18 Å². The molecule has 1 saturated heterocycles. The Hall–Kier alpha value is -1.95. The van der Waals surface area contributed by atoms with Gasteiger partial charge in [0.2, 0.25) is 11.6 Å². The summed E-state index contributed by atoms with van der Waals surface area (Å²) < 4.78 is 111. The third-order valence-electron chi connectivity index (χ3n) is 4.33. The van der Waals surface area contributed by atoms with E-state index in [4.69, 9.17) is 4.74 Å². The van der Waals surface area contributed by atoms with E-state index < -0.39 is 52.5 Å². The first-order valence-corrected chi connectivity index (χ1v) is 9.06. The molecule has 12 heteroatoms. The van der Waals surface area contributed by atoms with Gasteiger partial charge in [0.05, 0.1) is 12.6 Å². The predicted molar refractivity (Wildman–Crippen MR) is 79.1 cm³/mol. The van der Waals surface area contributed by atoms with Crippen LogP contribution in [0.5, 0.6) is 0 Å². The smallest absolute Gasteiger partial charge is 0.358 e. The molecule has 2 atom stereocenters. The van der Waals surface area contributed by atoms with Crippen molar-refractivity contribution in [3.8, 4) is 0 Å². The van der Waals surface area contributed by atoms with Gasteiger partial charge in [-0.05, 0) is 18.1 Å². The van der Waals surface area contributed by atoms with Gasteiger partial charge in [-0.15, -0.1) is 0 Å². The SMILES string of the molecule is O=S(=O)(OC1=CCC[C@@]2(C(F)(F)F)OC[C@H](c3ccccc3)N12)C(F)(F)F. The van der Waals surface area contributed by atoms with E-state index in [9.17, 15) is 34.8 Å². The van der Waals surface area contributed by atoms with Crippen LogP contribution in [0.4, 0.5) is 26.3 Å². The molecule has 0 amide bonds. The topological polar surface area (TPSA) is 55.8 Å². The van der Waals surface area contributed by atoms with Crippen LogP contribution < -0.4 is 0 Å². The van der Waals surface area contributed by atoms with Gasteiger partial charge in [-0.2, -0.15) is 34.8 Å². The quantitative estimate of drug-likeness (QED) is 0.425. The maximum atomic E-state index is 13.8. The standard InChI is InChI=1S/C15H13F6NO4S/c16-14(17,18)13-8-4-7-12(26-27(23,24)15(19,20)21)22(13)11(9-25-13)10-5-2-1-3-6-10/h1-3,5-7,11H,4,8-9H2/t11-,13+/m1/s1. The summed E-state index contributed by atoms with van der Waals surface area (Å²) >= 11 is 0. The Labute approximate surface area is 150 Å². The molecule has 0 N–H and O–H groups in total. The number of rotatable bonds is 3. The first kappa shape index (κ1) is 19.8. The second-order valence-corrected chi connectivity index (χ2v) is 7.49. The zero-order valence-electron chi connectivity index (χ0n) is 13.4. The highest BCUT2D eigenvalue weighted by Gasteiger charge is 2.67. The van der Waals surface area contributed by atoms with Gasteiger partial charge < -0.3 is 8.92 Å². The molecule has 0 spiro atoms. The number of benzene rings is 1. The summed E-state index contributed by atoms with van der Waals surface area (Å²) in [7, 11) is -6.15. The van der Waals surface area contributed by atoms with Crippen molar-refractivity contribution in [3.63, 3.8) is 0 Å². The highest BCUT2D eigenvalue weighted by atomic mass is 32.2. The van der Waals surface area contributed by atoms with Gasteiger partial charge in [0.15, 0.2) is 0 Å². The second-order valence-electron chi connectivity index (χ2n) is 5.95. The molecular formula is C15H13F6NO4S. The van der Waals surface area contributed by atoms with Crippen molar-refractivity contribution in [3.05, 3.63) is 47.9 Å². The molecule has 0 radical (unpaired) electrons. The molecule has 150 valence electrons. The van der Waals surface area contributed by atoms with Crippen LogP contribution in [0.25, 0.3) is 0 Å². The van der Waals surface area contributed by atoms with Crippen LogP contribution in [0.1, 0.15) is 24.4 Å². The molecular weight excluding hydrogens is 404 g/mol. The number of halogens is 6. The van der Waals surface area contributed by atoms with Gasteiger partial charge in [-0.1, -0.05) is 30.3 Å². The lowest BCUT2D eigenvalue weighted by Gasteiger charge is -2.44. The van der Waals surface area contributed by atoms with Crippen molar-refractivity contribution in [2.24, 2.45) is 0 Å². The minimum absolute atomic E-state index is 0.310. The molecule has 2 aliphatic heterocycles. The lowest BCUT2D eigenvalue weighted by atomic mass is 9.98. The van der Waals surface area contributed by atoms with Crippen LogP contribution in [0, 0.1) is 0 Å². The van der Waals surface area contributed by atoms with E-state index in [0.29, 0.717) is 10.5 Å². The minimum Gasteiger partial charge on any atom is -0.358 e. The van der Waals surface area contributed by atoms with Crippen molar-refractivity contribution in [1.29, 1.82) is 0 Å². The van der Waals surface area contributed by atoms with E-state index >= 15 is 0 Å². The summed E-state index contributed by atoms with van der Waals surface area (Å²) in [6.45, 7) is -0.504. The Balaban J connectivity index is 2.08. The van der Waals surface area contributed by atoms with Crippen molar-refractivity contribution in [1.82, 2.24) is 4.90 Å². The summed E-state index contributed by atoms with van der Waals surface area (Å²) in [6.07, 6.45) is -5.10. The average Bonchev–Trinajstić information content (AvgIpc) is 2.96. The molecule has 1 aromatic rings.